The van der Waals surface area contributed by atoms with Crippen molar-refractivity contribution >= 4 is 17.6 Å². The number of nitrogens with one attached hydrogen (secondary N) is 3. The van der Waals surface area contributed by atoms with Crippen LogP contribution in [0, 0.1) is 23.6 Å². The lowest BCUT2D eigenvalue weighted by Crippen LogP contribution is -2.58. The van der Waals surface area contributed by atoms with E-state index in [9.17, 15) is 4.79 Å². The van der Waals surface area contributed by atoms with Crippen molar-refractivity contribution < 1.29 is 13.9 Å². The van der Waals surface area contributed by atoms with E-state index in [1.165, 1.54) is 32.1 Å². The zero-order valence-corrected chi connectivity index (χ0v) is 26.1. The number of methoxy groups -OCH3 is 1. The van der Waals surface area contributed by atoms with E-state index in [1.54, 1.807) is 13.2 Å². The number of unbranched alkanes of at least 4 members (excludes halogenated alkanes) is 1. The van der Waals surface area contributed by atoms with Crippen molar-refractivity contribution in [2.24, 2.45) is 17.8 Å². The standard InChI is InChI=1S/C32H54ClFN4O2/c1-24(2)21-36-32(17-8-9-19-40-4,28-15-10-16-29(33)30(28)34)26-14-11-18-38(23-26)31(39)37-27(22-35-3)20-25-12-6-5-7-13-25/h10,15-16,24-27,35-36H,5-9,11-14,17-23H2,1-4H3,(H,37,39)/t26-,27+,32+/m1/s1. The van der Waals surface area contributed by atoms with Gasteiger partial charge in [-0.3, -0.25) is 0 Å². The van der Waals surface area contributed by atoms with Gasteiger partial charge in [-0.2, -0.15) is 0 Å². The van der Waals surface area contributed by atoms with Gasteiger partial charge in [0.1, 0.15) is 5.82 Å². The lowest BCUT2D eigenvalue weighted by Gasteiger charge is -2.47. The average molecular weight is 581 g/mol. The number of piperidine rings is 1. The van der Waals surface area contributed by atoms with Gasteiger partial charge in [-0.15, -0.1) is 0 Å². The van der Waals surface area contributed by atoms with E-state index in [0.29, 0.717) is 30.6 Å². The Morgan fingerprint density at radius 2 is 1.93 bits per heavy atom. The van der Waals surface area contributed by atoms with E-state index in [-0.39, 0.29) is 28.8 Å². The molecule has 1 saturated heterocycles. The van der Waals surface area contributed by atoms with Crippen LogP contribution in [0.5, 0.6) is 0 Å². The third-order valence-corrected chi connectivity index (χ3v) is 9.25. The number of amides is 2. The average Bonchev–Trinajstić information content (AvgIpc) is 2.95. The van der Waals surface area contributed by atoms with Crippen molar-refractivity contribution in [3.63, 3.8) is 0 Å². The Balaban J connectivity index is 1.84. The van der Waals surface area contributed by atoms with Gasteiger partial charge < -0.3 is 25.6 Å². The number of likely N-dealkylation sites (tertiary alicyclic amines) is 1. The number of carbonyl (C=O) groups is 1. The van der Waals surface area contributed by atoms with Gasteiger partial charge in [-0.1, -0.05) is 69.7 Å². The van der Waals surface area contributed by atoms with Crippen LogP contribution in [0.2, 0.25) is 5.02 Å². The van der Waals surface area contributed by atoms with E-state index < -0.39 is 5.54 Å². The molecule has 0 aromatic heterocycles. The molecule has 1 saturated carbocycles. The summed E-state index contributed by atoms with van der Waals surface area (Å²) >= 11 is 6.35. The highest BCUT2D eigenvalue weighted by Gasteiger charge is 2.44. The second-order valence-corrected chi connectivity index (χ2v) is 12.9. The van der Waals surface area contributed by atoms with Gasteiger partial charge in [0.05, 0.1) is 10.6 Å². The lowest BCUT2D eigenvalue weighted by atomic mass is 9.70. The first-order valence-corrected chi connectivity index (χ1v) is 16.1. The van der Waals surface area contributed by atoms with Crippen molar-refractivity contribution in [2.75, 3.05) is 46.9 Å². The molecule has 3 N–H and O–H groups in total. The highest BCUT2D eigenvalue weighted by Crippen LogP contribution is 2.42. The number of carbonyl (C=O) groups excluding carboxylic acids is 1. The van der Waals surface area contributed by atoms with E-state index in [0.717, 1.165) is 58.2 Å². The van der Waals surface area contributed by atoms with Crippen molar-refractivity contribution in [1.82, 2.24) is 20.9 Å². The predicted octanol–water partition coefficient (Wildman–Crippen LogP) is 6.72. The minimum absolute atomic E-state index is 0.00414. The van der Waals surface area contributed by atoms with E-state index in [2.05, 4.69) is 29.8 Å². The quantitative estimate of drug-likeness (QED) is 0.202. The number of rotatable bonds is 15. The van der Waals surface area contributed by atoms with Gasteiger partial charge in [0.2, 0.25) is 0 Å². The Hall–Kier alpha value is -1.41. The summed E-state index contributed by atoms with van der Waals surface area (Å²) in [5.74, 6) is 0.788. The summed E-state index contributed by atoms with van der Waals surface area (Å²) in [6, 6.07) is 5.47. The van der Waals surface area contributed by atoms with Crippen LogP contribution in [0.15, 0.2) is 18.2 Å². The molecule has 0 radical (unpaired) electrons. The second kappa shape index (κ2) is 16.9. The third kappa shape index (κ3) is 9.30. The molecule has 3 rings (SSSR count). The van der Waals surface area contributed by atoms with Gasteiger partial charge in [-0.05, 0) is 75.9 Å². The summed E-state index contributed by atoms with van der Waals surface area (Å²) in [6.45, 7) is 7.85. The summed E-state index contributed by atoms with van der Waals surface area (Å²) in [7, 11) is 3.67. The number of likely N-dealkylation sites (N-methyl/N-ethyl adjacent to an activating group) is 1. The summed E-state index contributed by atoms with van der Waals surface area (Å²) < 4.78 is 21.1. The molecule has 1 heterocycles. The number of hydrogen-bond donors (Lipinski definition) is 3. The molecule has 6 nitrogen and oxygen atoms in total. The van der Waals surface area contributed by atoms with Gasteiger partial charge in [0.25, 0.3) is 0 Å². The maximum Gasteiger partial charge on any atom is 0.317 e. The number of urea groups is 1. The first kappa shape index (κ1) is 33.1. The van der Waals surface area contributed by atoms with Gasteiger partial charge in [-0.25, -0.2) is 9.18 Å². The first-order valence-electron chi connectivity index (χ1n) is 15.7. The van der Waals surface area contributed by atoms with E-state index >= 15 is 4.39 Å². The molecule has 1 aromatic rings. The summed E-state index contributed by atoms with van der Waals surface area (Å²) in [4.78, 5) is 15.6. The highest BCUT2D eigenvalue weighted by atomic mass is 35.5. The predicted molar refractivity (Wildman–Crippen MR) is 163 cm³/mol. The Morgan fingerprint density at radius 3 is 2.62 bits per heavy atom. The zero-order chi connectivity index (χ0) is 29.0. The molecule has 0 spiro atoms. The molecule has 3 atom stereocenters. The molecule has 1 aliphatic carbocycles. The molecule has 2 aliphatic rings. The molecule has 1 aliphatic heterocycles. The van der Waals surface area contributed by atoms with Crippen LogP contribution in [0.3, 0.4) is 0 Å². The SMILES string of the molecule is CNC[C@H](CC1CCCCC1)NC(=O)N1CCC[C@@H]([C@](CCCCOC)(NCC(C)C)c2cccc(Cl)c2F)C1. The fourth-order valence-electron chi connectivity index (χ4n) is 6.87. The fraction of sp³-hybridized carbons (Fsp3) is 0.781. The van der Waals surface area contributed by atoms with Gasteiger partial charge in [0, 0.05) is 45.0 Å². The van der Waals surface area contributed by atoms with Crippen molar-refractivity contribution in [3.8, 4) is 0 Å². The van der Waals surface area contributed by atoms with Crippen LogP contribution in [-0.2, 0) is 10.3 Å². The molecule has 2 amide bonds. The highest BCUT2D eigenvalue weighted by molar-refractivity contribution is 6.30. The molecule has 8 heteroatoms. The number of halogens is 2. The minimum Gasteiger partial charge on any atom is -0.385 e. The molecule has 2 fully saturated rings. The first-order chi connectivity index (χ1) is 19.3. The lowest BCUT2D eigenvalue weighted by molar-refractivity contribution is 0.0879. The Labute approximate surface area is 247 Å². The van der Waals surface area contributed by atoms with Gasteiger partial charge in [0.15, 0.2) is 0 Å². The van der Waals surface area contributed by atoms with E-state index in [1.807, 2.05) is 24.1 Å². The molecular formula is C32H54ClFN4O2. The smallest absolute Gasteiger partial charge is 0.317 e. The van der Waals surface area contributed by atoms with Crippen LogP contribution in [0.4, 0.5) is 9.18 Å². The largest absolute Gasteiger partial charge is 0.385 e. The Kier molecular flexibility index (Phi) is 14.0. The van der Waals surface area contributed by atoms with Crippen LogP contribution in [0.25, 0.3) is 0 Å². The van der Waals surface area contributed by atoms with Crippen LogP contribution < -0.4 is 16.0 Å². The molecule has 1 aromatic carbocycles. The zero-order valence-electron chi connectivity index (χ0n) is 25.4. The van der Waals surface area contributed by atoms with Crippen molar-refractivity contribution in [2.45, 2.75) is 96.1 Å². The number of benzene rings is 1. The number of nitrogens with zero attached hydrogens (tertiary/aromatic N) is 1. The maximum absolute atomic E-state index is 15.8. The maximum atomic E-state index is 15.8. The molecule has 40 heavy (non-hydrogen) atoms. The minimum atomic E-state index is -0.627. The number of hydrogen-bond acceptors (Lipinski definition) is 4. The van der Waals surface area contributed by atoms with Gasteiger partial charge >= 0.3 is 6.03 Å². The third-order valence-electron chi connectivity index (χ3n) is 8.95. The van der Waals surface area contributed by atoms with Crippen LogP contribution in [0.1, 0.15) is 90.0 Å². The normalized spacial score (nSPS) is 20.9. The van der Waals surface area contributed by atoms with Crippen LogP contribution >= 0.6 is 11.6 Å². The fourth-order valence-corrected chi connectivity index (χ4v) is 7.04. The molecule has 0 unspecified atom stereocenters. The van der Waals surface area contributed by atoms with Crippen molar-refractivity contribution in [1.29, 1.82) is 0 Å². The van der Waals surface area contributed by atoms with Crippen molar-refractivity contribution in [3.05, 3.63) is 34.6 Å². The van der Waals surface area contributed by atoms with E-state index in [4.69, 9.17) is 16.3 Å². The topological polar surface area (TPSA) is 65.6 Å². The monoisotopic (exact) mass is 580 g/mol. The Morgan fingerprint density at radius 1 is 1.15 bits per heavy atom. The Bertz CT molecular complexity index is 898. The number of ether oxygens (including phenoxy) is 1. The summed E-state index contributed by atoms with van der Waals surface area (Å²) in [5, 5.41) is 10.6. The molecular weight excluding hydrogens is 527 g/mol. The van der Waals surface area contributed by atoms with Crippen LogP contribution in [-0.4, -0.2) is 63.9 Å². The summed E-state index contributed by atoms with van der Waals surface area (Å²) in [5.41, 5.74) is -0.00557. The molecule has 228 valence electrons. The second-order valence-electron chi connectivity index (χ2n) is 12.5. The summed E-state index contributed by atoms with van der Waals surface area (Å²) in [6.07, 6.45) is 11.8. The molecule has 0 bridgehead atoms.